The van der Waals surface area contributed by atoms with E-state index >= 15 is 0 Å². The highest BCUT2D eigenvalue weighted by Gasteiger charge is 2.74. The topological polar surface area (TPSA) is 97.0 Å². The van der Waals surface area contributed by atoms with E-state index in [1.807, 2.05) is 36.4 Å². The zero-order chi connectivity index (χ0) is 32.4. The van der Waals surface area contributed by atoms with E-state index in [4.69, 9.17) is 4.74 Å². The molecular formula is C36H34F3N3O4. The summed E-state index contributed by atoms with van der Waals surface area (Å²) in [6.45, 7) is 0.583. The molecule has 2 heterocycles. The Labute approximate surface area is 265 Å². The van der Waals surface area contributed by atoms with Crippen LogP contribution in [0.5, 0.6) is 11.5 Å². The van der Waals surface area contributed by atoms with E-state index in [1.54, 1.807) is 13.1 Å². The lowest BCUT2D eigenvalue weighted by Gasteiger charge is -2.65. The van der Waals surface area contributed by atoms with Crippen molar-refractivity contribution < 1.29 is 32.9 Å². The summed E-state index contributed by atoms with van der Waals surface area (Å²) in [6, 6.07) is 19.3. The molecule has 0 radical (unpaired) electrons. The molecule has 3 aromatic carbocycles. The van der Waals surface area contributed by atoms with Crippen LogP contribution in [0.3, 0.4) is 0 Å². The normalized spacial score (nSPS) is 29.6. The zero-order valence-corrected chi connectivity index (χ0v) is 25.2. The van der Waals surface area contributed by atoms with Crippen molar-refractivity contribution in [3.05, 3.63) is 101 Å². The second kappa shape index (κ2) is 10.9. The van der Waals surface area contributed by atoms with Crippen LogP contribution in [0.2, 0.25) is 0 Å². The maximum atomic E-state index is 13.5. The highest BCUT2D eigenvalue weighted by atomic mass is 19.4. The third-order valence-electron chi connectivity index (χ3n) is 10.8. The third kappa shape index (κ3) is 4.51. The summed E-state index contributed by atoms with van der Waals surface area (Å²) in [5, 5.41) is 34.3. The van der Waals surface area contributed by atoms with Crippen molar-refractivity contribution in [2.75, 3.05) is 13.6 Å². The fourth-order valence-corrected chi connectivity index (χ4v) is 8.64. The number of ether oxygens (including phenoxy) is 1. The molecule has 1 spiro atoms. The lowest BCUT2D eigenvalue weighted by Crippen LogP contribution is -2.79. The maximum Gasteiger partial charge on any atom is 0.416 e. The van der Waals surface area contributed by atoms with E-state index in [1.165, 1.54) is 29.2 Å². The first-order chi connectivity index (χ1) is 22.0. The summed E-state index contributed by atoms with van der Waals surface area (Å²) in [5.74, 6) is -0.195. The number of hydrogen-bond donors (Lipinski definition) is 2. The number of piperidine rings is 1. The predicted octanol–water partition coefficient (Wildman–Crippen LogP) is 5.24. The standard InChI is InChI=1S/C36H34F3N3O4/c1-41(30(44)13-10-23-8-5-9-25(18-23)36(37,38)39)27-14-16-35(45)29-19-24-11-12-28(43)32-31(24)34(35,33(27)46-32)20-26(21-40)42(29)17-15-22-6-3-2-4-7-22/h2-13,18,26-27,29,33,43,45H,14-17,19-20H2,1H3/b13-10+/t26?,27?,29-,33?,34+,35-/m1/s1. The lowest BCUT2D eigenvalue weighted by atomic mass is 9.47. The average molecular weight is 630 g/mol. The summed E-state index contributed by atoms with van der Waals surface area (Å²) >= 11 is 0. The van der Waals surface area contributed by atoms with E-state index in [0.29, 0.717) is 38.0 Å². The van der Waals surface area contributed by atoms with Crippen LogP contribution in [0, 0.1) is 11.3 Å². The number of carbonyl (C=O) groups excluding carboxylic acids is 1. The van der Waals surface area contributed by atoms with Crippen LogP contribution < -0.4 is 4.74 Å². The zero-order valence-electron chi connectivity index (χ0n) is 25.2. The van der Waals surface area contributed by atoms with Crippen molar-refractivity contribution >= 4 is 12.0 Å². The fourth-order valence-electron chi connectivity index (χ4n) is 8.64. The number of amides is 1. The highest BCUT2D eigenvalue weighted by Crippen LogP contribution is 2.66. The van der Waals surface area contributed by atoms with E-state index in [-0.39, 0.29) is 23.8 Å². The van der Waals surface area contributed by atoms with E-state index in [0.717, 1.165) is 28.8 Å². The minimum absolute atomic E-state index is 0.0551. The SMILES string of the molecule is CN(C(=O)/C=C/c1cccc(C(F)(F)F)c1)C1CC[C@@]2(O)[C@H]3Cc4ccc(O)c5c4[C@@]2(CC(C#N)N3CCc2ccccc2)C1O5. The number of likely N-dealkylation sites (N-methyl/N-ethyl adjacent to an activating group) is 1. The van der Waals surface area contributed by atoms with Crippen LogP contribution in [0.4, 0.5) is 13.2 Å². The predicted molar refractivity (Wildman–Crippen MR) is 164 cm³/mol. The Bertz CT molecular complexity index is 1760. The molecule has 238 valence electrons. The molecule has 1 saturated carbocycles. The molecule has 7 rings (SSSR count). The minimum atomic E-state index is -4.50. The Morgan fingerprint density at radius 2 is 1.96 bits per heavy atom. The molecule has 0 aromatic heterocycles. The third-order valence-corrected chi connectivity index (χ3v) is 10.8. The number of likely N-dealkylation sites (tertiary alicyclic amines) is 1. The molecule has 3 unspecified atom stereocenters. The van der Waals surface area contributed by atoms with Crippen LogP contribution in [-0.4, -0.2) is 69.3 Å². The van der Waals surface area contributed by atoms with Gasteiger partial charge in [0.05, 0.1) is 34.7 Å². The Hall–Kier alpha value is -4.33. The lowest BCUT2D eigenvalue weighted by molar-refractivity contribution is -0.206. The van der Waals surface area contributed by atoms with E-state index < -0.39 is 46.9 Å². The number of nitriles is 1. The molecule has 2 aliphatic heterocycles. The van der Waals surface area contributed by atoms with Crippen molar-refractivity contribution in [3.63, 3.8) is 0 Å². The first-order valence-corrected chi connectivity index (χ1v) is 15.5. The highest BCUT2D eigenvalue weighted by molar-refractivity contribution is 5.92. The number of hydrogen-bond acceptors (Lipinski definition) is 6. The van der Waals surface area contributed by atoms with Crippen molar-refractivity contribution in [1.82, 2.24) is 9.80 Å². The molecule has 4 aliphatic rings. The van der Waals surface area contributed by atoms with Crippen LogP contribution in [-0.2, 0) is 29.2 Å². The average Bonchev–Trinajstić information content (AvgIpc) is 3.40. The Morgan fingerprint density at radius 3 is 2.70 bits per heavy atom. The molecule has 3 aromatic rings. The Balaban J connectivity index is 1.23. The smallest absolute Gasteiger partial charge is 0.416 e. The van der Waals surface area contributed by atoms with Crippen molar-refractivity contribution in [2.24, 2.45) is 0 Å². The number of halogens is 3. The van der Waals surface area contributed by atoms with Gasteiger partial charge in [-0.3, -0.25) is 9.69 Å². The van der Waals surface area contributed by atoms with Gasteiger partial charge in [0.1, 0.15) is 6.10 Å². The van der Waals surface area contributed by atoms with Gasteiger partial charge in [-0.25, -0.2) is 0 Å². The van der Waals surface area contributed by atoms with Gasteiger partial charge in [0.25, 0.3) is 0 Å². The molecule has 2 N–H and O–H groups in total. The number of carbonyl (C=O) groups is 1. The largest absolute Gasteiger partial charge is 0.504 e. The van der Waals surface area contributed by atoms with Gasteiger partial charge in [0.15, 0.2) is 11.5 Å². The summed E-state index contributed by atoms with van der Waals surface area (Å²) < 4.78 is 46.2. The monoisotopic (exact) mass is 629 g/mol. The Morgan fingerprint density at radius 1 is 1.17 bits per heavy atom. The van der Waals surface area contributed by atoms with Gasteiger partial charge in [-0.1, -0.05) is 48.5 Å². The molecule has 7 nitrogen and oxygen atoms in total. The van der Waals surface area contributed by atoms with E-state index in [9.17, 15) is 33.4 Å². The van der Waals surface area contributed by atoms with E-state index in [2.05, 4.69) is 11.0 Å². The quantitative estimate of drug-likeness (QED) is 0.362. The van der Waals surface area contributed by atoms with Crippen molar-refractivity contribution in [2.45, 2.75) is 73.5 Å². The van der Waals surface area contributed by atoms with Gasteiger partial charge in [0.2, 0.25) is 5.91 Å². The number of aliphatic hydroxyl groups is 1. The maximum absolute atomic E-state index is 13.5. The first-order valence-electron chi connectivity index (χ1n) is 15.5. The minimum Gasteiger partial charge on any atom is -0.504 e. The van der Waals surface area contributed by atoms with Gasteiger partial charge >= 0.3 is 6.18 Å². The van der Waals surface area contributed by atoms with Crippen LogP contribution in [0.15, 0.2) is 72.8 Å². The van der Waals surface area contributed by atoms with Crippen molar-refractivity contribution in [1.29, 1.82) is 5.26 Å². The molecule has 46 heavy (non-hydrogen) atoms. The second-order valence-corrected chi connectivity index (χ2v) is 12.9. The number of rotatable bonds is 6. The van der Waals surface area contributed by atoms with Crippen LogP contribution >= 0.6 is 0 Å². The number of alkyl halides is 3. The van der Waals surface area contributed by atoms with Gasteiger partial charge in [0, 0.05) is 31.3 Å². The molecule has 10 heteroatoms. The Kier molecular flexibility index (Phi) is 7.18. The molecular weight excluding hydrogens is 595 g/mol. The number of nitrogens with zero attached hydrogens (tertiary/aromatic N) is 3. The van der Waals surface area contributed by atoms with Gasteiger partial charge in [-0.2, -0.15) is 18.4 Å². The number of aromatic hydroxyl groups is 1. The first kappa shape index (κ1) is 30.3. The fraction of sp³-hybridized carbons (Fsp3) is 0.389. The van der Waals surface area contributed by atoms with Gasteiger partial charge in [-0.05, 0) is 73.1 Å². The van der Waals surface area contributed by atoms with Crippen molar-refractivity contribution in [3.8, 4) is 17.6 Å². The molecule has 2 aliphatic carbocycles. The summed E-state index contributed by atoms with van der Waals surface area (Å²) in [7, 11) is 1.62. The molecule has 1 amide bonds. The van der Waals surface area contributed by atoms with Gasteiger partial charge < -0.3 is 19.8 Å². The second-order valence-electron chi connectivity index (χ2n) is 12.9. The summed E-state index contributed by atoms with van der Waals surface area (Å²) in [4.78, 5) is 17.2. The molecule has 2 bridgehead atoms. The van der Waals surface area contributed by atoms with Crippen LogP contribution in [0.1, 0.15) is 47.1 Å². The summed E-state index contributed by atoms with van der Waals surface area (Å²) in [5.41, 5.74) is -0.0916. The molecule has 1 saturated heterocycles. The number of phenolic OH excluding ortho intramolecular Hbond substituents is 1. The van der Waals surface area contributed by atoms with Gasteiger partial charge in [-0.15, -0.1) is 0 Å². The number of phenols is 1. The summed E-state index contributed by atoms with van der Waals surface area (Å²) in [6.07, 6.45) is -0.457. The molecule has 6 atom stereocenters. The molecule has 2 fully saturated rings. The van der Waals surface area contributed by atoms with Crippen LogP contribution in [0.25, 0.3) is 6.08 Å². The number of benzene rings is 3.